The van der Waals surface area contributed by atoms with E-state index in [0.717, 1.165) is 29.7 Å². The number of nitrogens with zero attached hydrogens (tertiary/aromatic N) is 2. The molecule has 6 nitrogen and oxygen atoms in total. The summed E-state index contributed by atoms with van der Waals surface area (Å²) < 4.78 is 5.22. The zero-order chi connectivity index (χ0) is 19.6. The molecule has 0 fully saturated rings. The topological polar surface area (TPSA) is 81.8 Å². The number of non-ortho nitro benzene ring substituents is 1. The number of esters is 1. The van der Waals surface area contributed by atoms with E-state index in [-0.39, 0.29) is 11.7 Å². The van der Waals surface area contributed by atoms with Gasteiger partial charge in [0.25, 0.3) is 5.69 Å². The molecule has 8 heteroatoms. The minimum Gasteiger partial charge on any atom is -0.462 e. The largest absolute Gasteiger partial charge is 0.462 e. The summed E-state index contributed by atoms with van der Waals surface area (Å²) in [5.74, 6) is 0.191. The third kappa shape index (κ3) is 4.20. The number of carbonyl (C=O) groups is 1. The Hall–Kier alpha value is -2.25. The summed E-state index contributed by atoms with van der Waals surface area (Å²) >= 11 is 7.62. The van der Waals surface area contributed by atoms with E-state index in [1.54, 1.807) is 6.92 Å². The van der Waals surface area contributed by atoms with Gasteiger partial charge < -0.3 is 4.74 Å². The Bertz CT molecular complexity index is 923. The summed E-state index contributed by atoms with van der Waals surface area (Å²) in [6, 6.07) is 4.18. The Labute approximate surface area is 166 Å². The second kappa shape index (κ2) is 8.19. The van der Waals surface area contributed by atoms with Crippen molar-refractivity contribution in [3.05, 3.63) is 54.9 Å². The molecule has 0 saturated heterocycles. The Kier molecular flexibility index (Phi) is 5.92. The molecule has 1 unspecified atom stereocenters. The smallest absolute Gasteiger partial charge is 0.341 e. The number of halogens is 1. The molecule has 0 radical (unpaired) electrons. The predicted molar refractivity (Wildman–Crippen MR) is 107 cm³/mol. The highest BCUT2D eigenvalue weighted by molar-refractivity contribution is 7.16. The van der Waals surface area contributed by atoms with Gasteiger partial charge in [0.1, 0.15) is 5.00 Å². The van der Waals surface area contributed by atoms with Gasteiger partial charge in [-0.1, -0.05) is 18.5 Å². The van der Waals surface area contributed by atoms with Crippen molar-refractivity contribution < 1.29 is 14.5 Å². The Morgan fingerprint density at radius 1 is 1.52 bits per heavy atom. The summed E-state index contributed by atoms with van der Waals surface area (Å²) in [4.78, 5) is 28.6. The molecule has 1 heterocycles. The van der Waals surface area contributed by atoms with Crippen molar-refractivity contribution in [3.8, 4) is 0 Å². The Morgan fingerprint density at radius 3 is 3.00 bits per heavy atom. The van der Waals surface area contributed by atoms with E-state index in [2.05, 4.69) is 11.9 Å². The van der Waals surface area contributed by atoms with Crippen LogP contribution in [0.15, 0.2) is 23.2 Å². The van der Waals surface area contributed by atoms with Crippen molar-refractivity contribution in [2.45, 2.75) is 33.1 Å². The normalized spacial score (nSPS) is 16.3. The molecule has 0 amide bonds. The molecule has 1 aromatic heterocycles. The zero-order valence-corrected chi connectivity index (χ0v) is 16.6. The van der Waals surface area contributed by atoms with Gasteiger partial charge in [0, 0.05) is 33.8 Å². The van der Waals surface area contributed by atoms with E-state index in [9.17, 15) is 14.9 Å². The summed E-state index contributed by atoms with van der Waals surface area (Å²) in [5.41, 5.74) is 1.90. The van der Waals surface area contributed by atoms with Gasteiger partial charge in [-0.25, -0.2) is 9.79 Å². The van der Waals surface area contributed by atoms with E-state index < -0.39 is 4.92 Å². The molecule has 1 atom stereocenters. The summed E-state index contributed by atoms with van der Waals surface area (Å²) in [7, 11) is 0. The maximum absolute atomic E-state index is 12.5. The monoisotopic (exact) mass is 406 g/mol. The van der Waals surface area contributed by atoms with Crippen LogP contribution in [0.25, 0.3) is 0 Å². The number of ether oxygens (including phenoxy) is 1. The van der Waals surface area contributed by atoms with Gasteiger partial charge in [-0.3, -0.25) is 10.1 Å². The van der Waals surface area contributed by atoms with Gasteiger partial charge in [-0.05, 0) is 43.7 Å². The van der Waals surface area contributed by atoms with Crippen LogP contribution in [-0.4, -0.2) is 23.7 Å². The molecule has 142 valence electrons. The SMILES string of the molecule is CCOC(=O)c1c(/N=C/c2cc([N+](=O)[O-])ccc2Cl)sc2c1CCC(C)C2. The first-order chi connectivity index (χ1) is 12.9. The third-order valence-corrected chi connectivity index (χ3v) is 5.99. The highest BCUT2D eigenvalue weighted by atomic mass is 35.5. The fourth-order valence-corrected chi connectivity index (χ4v) is 4.62. The molecule has 0 spiro atoms. The lowest BCUT2D eigenvalue weighted by molar-refractivity contribution is -0.384. The quantitative estimate of drug-likeness (QED) is 0.289. The van der Waals surface area contributed by atoms with Crippen molar-refractivity contribution in [1.29, 1.82) is 0 Å². The second-order valence-electron chi connectivity index (χ2n) is 6.47. The molecule has 0 bridgehead atoms. The maximum atomic E-state index is 12.5. The first-order valence-corrected chi connectivity index (χ1v) is 9.89. The average Bonchev–Trinajstić information content (AvgIpc) is 2.98. The lowest BCUT2D eigenvalue weighted by Crippen LogP contribution is -2.13. The molecule has 3 rings (SSSR count). The Balaban J connectivity index is 2.01. The van der Waals surface area contributed by atoms with Crippen molar-refractivity contribution >= 4 is 45.8 Å². The van der Waals surface area contributed by atoms with Gasteiger partial charge in [0.2, 0.25) is 0 Å². The van der Waals surface area contributed by atoms with E-state index in [1.165, 1.54) is 35.8 Å². The molecule has 1 aliphatic rings. The molecular formula is C19H19ClN2O4S. The van der Waals surface area contributed by atoms with Crippen LogP contribution in [0.2, 0.25) is 5.02 Å². The minimum atomic E-state index is -0.483. The molecule has 0 aliphatic heterocycles. The number of hydrogen-bond acceptors (Lipinski definition) is 6. The molecule has 0 N–H and O–H groups in total. The number of carbonyl (C=O) groups excluding carboxylic acids is 1. The minimum absolute atomic E-state index is 0.0641. The van der Waals surface area contributed by atoms with E-state index in [4.69, 9.17) is 16.3 Å². The average molecular weight is 407 g/mol. The second-order valence-corrected chi connectivity index (χ2v) is 7.96. The number of nitro benzene ring substituents is 1. The maximum Gasteiger partial charge on any atom is 0.341 e. The fourth-order valence-electron chi connectivity index (χ4n) is 3.11. The van der Waals surface area contributed by atoms with Crippen LogP contribution >= 0.6 is 22.9 Å². The molecule has 2 aromatic rings. The predicted octanol–water partition coefficient (Wildman–Crippen LogP) is 5.36. The first kappa shape index (κ1) is 19.5. The molecule has 1 aliphatic carbocycles. The van der Waals surface area contributed by atoms with Crippen LogP contribution in [0.4, 0.5) is 10.7 Å². The number of thiophene rings is 1. The number of benzene rings is 1. The summed E-state index contributed by atoms with van der Waals surface area (Å²) in [6.07, 6.45) is 4.24. The van der Waals surface area contributed by atoms with E-state index >= 15 is 0 Å². The standard InChI is InChI=1S/C19H19ClN2O4S/c1-3-26-19(23)17-14-6-4-11(2)8-16(14)27-18(17)21-10-12-9-13(22(24)25)5-7-15(12)20/h5,7,9-11H,3-4,6,8H2,1-2H3/b21-10+. The Morgan fingerprint density at radius 2 is 2.30 bits per heavy atom. The van der Waals surface area contributed by atoms with Crippen LogP contribution in [0.1, 0.15) is 46.6 Å². The van der Waals surface area contributed by atoms with Crippen LogP contribution in [0.3, 0.4) is 0 Å². The lowest BCUT2D eigenvalue weighted by Gasteiger charge is -2.18. The molecule has 0 saturated carbocycles. The molecular weight excluding hydrogens is 388 g/mol. The molecule has 1 aromatic carbocycles. The zero-order valence-electron chi connectivity index (χ0n) is 15.0. The fraction of sp³-hybridized carbons (Fsp3) is 0.368. The third-order valence-electron chi connectivity index (χ3n) is 4.48. The van der Waals surface area contributed by atoms with Crippen molar-refractivity contribution in [2.75, 3.05) is 6.61 Å². The van der Waals surface area contributed by atoms with Gasteiger partial charge in [0.15, 0.2) is 0 Å². The lowest BCUT2D eigenvalue weighted by atomic mass is 9.88. The van der Waals surface area contributed by atoms with Crippen molar-refractivity contribution in [3.63, 3.8) is 0 Å². The van der Waals surface area contributed by atoms with Crippen LogP contribution in [-0.2, 0) is 17.6 Å². The molecule has 27 heavy (non-hydrogen) atoms. The van der Waals surface area contributed by atoms with Crippen LogP contribution in [0, 0.1) is 16.0 Å². The van der Waals surface area contributed by atoms with Crippen LogP contribution in [0.5, 0.6) is 0 Å². The highest BCUT2D eigenvalue weighted by Crippen LogP contribution is 2.41. The van der Waals surface area contributed by atoms with Gasteiger partial charge in [-0.15, -0.1) is 11.3 Å². The first-order valence-electron chi connectivity index (χ1n) is 8.70. The number of fused-ring (bicyclic) bond motifs is 1. The number of hydrogen-bond donors (Lipinski definition) is 0. The van der Waals surface area contributed by atoms with Gasteiger partial charge >= 0.3 is 5.97 Å². The van der Waals surface area contributed by atoms with Crippen molar-refractivity contribution in [1.82, 2.24) is 0 Å². The summed E-state index contributed by atoms with van der Waals surface area (Å²) in [6.45, 7) is 4.25. The summed E-state index contributed by atoms with van der Waals surface area (Å²) in [5, 5.41) is 11.9. The van der Waals surface area contributed by atoms with Gasteiger partial charge in [-0.2, -0.15) is 0 Å². The highest BCUT2D eigenvalue weighted by Gasteiger charge is 2.28. The van der Waals surface area contributed by atoms with Crippen molar-refractivity contribution in [2.24, 2.45) is 10.9 Å². The number of aliphatic imine (C=N–C) groups is 1. The number of rotatable bonds is 5. The number of nitro groups is 1. The van der Waals surface area contributed by atoms with E-state index in [0.29, 0.717) is 33.7 Å². The van der Waals surface area contributed by atoms with E-state index in [1.807, 2.05) is 0 Å². The van der Waals surface area contributed by atoms with Crippen LogP contribution < -0.4 is 0 Å². The van der Waals surface area contributed by atoms with Gasteiger partial charge in [0.05, 0.1) is 17.1 Å².